The molecule has 0 aliphatic rings. The molecule has 0 spiro atoms. The van der Waals surface area contributed by atoms with E-state index in [4.69, 9.17) is 20.5 Å². The Hall–Kier alpha value is -3.10. The van der Waals surface area contributed by atoms with Crippen LogP contribution in [-0.2, 0) is 13.1 Å². The number of aromatic nitrogens is 4. The van der Waals surface area contributed by atoms with Crippen molar-refractivity contribution in [3.8, 4) is 22.8 Å². The number of benzene rings is 2. The summed E-state index contributed by atoms with van der Waals surface area (Å²) in [7, 11) is 0. The predicted octanol–water partition coefficient (Wildman–Crippen LogP) is 4.99. The van der Waals surface area contributed by atoms with E-state index < -0.39 is 0 Å². The molecule has 0 amide bonds. The molecule has 9 heteroatoms. The summed E-state index contributed by atoms with van der Waals surface area (Å²) in [5.74, 6) is 1.40. The topological polar surface area (TPSA) is 81.1 Å². The van der Waals surface area contributed by atoms with E-state index in [1.807, 2.05) is 18.2 Å². The lowest BCUT2D eigenvalue weighted by Gasteiger charge is -2.17. The minimum absolute atomic E-state index is 0.313. The van der Waals surface area contributed by atoms with Crippen molar-refractivity contribution in [1.29, 1.82) is 0 Å². The summed E-state index contributed by atoms with van der Waals surface area (Å²) >= 11 is 6.21. The van der Waals surface area contributed by atoms with Crippen molar-refractivity contribution < 1.29 is 13.3 Å². The van der Waals surface area contributed by atoms with Gasteiger partial charge in [-0.25, -0.2) is 4.39 Å². The first-order valence-corrected chi connectivity index (χ1v) is 9.88. The van der Waals surface area contributed by atoms with Crippen molar-refractivity contribution in [2.45, 2.75) is 26.4 Å². The number of rotatable bonds is 8. The molecule has 4 rings (SSSR count). The average molecular weight is 428 g/mol. The summed E-state index contributed by atoms with van der Waals surface area (Å²) in [4.78, 5) is 6.49. The fraction of sp³-hybridized carbons (Fsp3) is 0.238. The van der Waals surface area contributed by atoms with Crippen molar-refractivity contribution in [1.82, 2.24) is 25.2 Å². The Morgan fingerprint density at radius 3 is 2.53 bits per heavy atom. The Morgan fingerprint density at radius 1 is 1.00 bits per heavy atom. The van der Waals surface area contributed by atoms with E-state index in [1.54, 1.807) is 18.2 Å². The quantitative estimate of drug-likeness (QED) is 0.391. The second-order valence-corrected chi connectivity index (χ2v) is 7.12. The predicted molar refractivity (Wildman–Crippen MR) is 109 cm³/mol. The first-order valence-electron chi connectivity index (χ1n) is 9.50. The van der Waals surface area contributed by atoms with Gasteiger partial charge in [0.25, 0.3) is 0 Å². The highest BCUT2D eigenvalue weighted by molar-refractivity contribution is 6.33. The van der Waals surface area contributed by atoms with Gasteiger partial charge >= 0.3 is 0 Å². The summed E-state index contributed by atoms with van der Waals surface area (Å²) in [6.45, 7) is 3.71. The van der Waals surface area contributed by atoms with Crippen LogP contribution in [0.2, 0.25) is 5.02 Å². The number of hydrogen-bond acceptors (Lipinski definition) is 7. The van der Waals surface area contributed by atoms with Crippen molar-refractivity contribution >= 4 is 11.6 Å². The third-order valence-electron chi connectivity index (χ3n) is 4.40. The lowest BCUT2D eigenvalue weighted by molar-refractivity contribution is 0.201. The molecule has 154 valence electrons. The van der Waals surface area contributed by atoms with E-state index in [2.05, 4.69) is 32.2 Å². The zero-order chi connectivity index (χ0) is 20.9. The summed E-state index contributed by atoms with van der Waals surface area (Å²) in [6, 6.07) is 13.3. The van der Waals surface area contributed by atoms with Crippen LogP contribution in [0.4, 0.5) is 4.39 Å². The van der Waals surface area contributed by atoms with Crippen LogP contribution in [0, 0.1) is 5.82 Å². The van der Waals surface area contributed by atoms with Crippen LogP contribution in [0.5, 0.6) is 0 Å². The smallest absolute Gasteiger partial charge is 0.249 e. The lowest BCUT2D eigenvalue weighted by atomic mass is 10.2. The van der Waals surface area contributed by atoms with Crippen molar-refractivity contribution in [3.05, 3.63) is 71.2 Å². The Balaban J connectivity index is 1.46. The minimum atomic E-state index is -0.313. The van der Waals surface area contributed by atoms with Gasteiger partial charge in [-0.15, -0.1) is 10.2 Å². The number of halogens is 2. The van der Waals surface area contributed by atoms with E-state index in [-0.39, 0.29) is 5.82 Å². The van der Waals surface area contributed by atoms with E-state index in [0.29, 0.717) is 52.7 Å². The molecule has 0 N–H and O–H groups in total. The molecule has 0 saturated carbocycles. The standard InChI is InChI=1S/C21H19ClFN5O2/c1-2-11-28(12-18-24-20(27-30-18)14-7-9-15(23)10-8-14)13-19-25-26-21(29-19)16-5-3-4-6-17(16)22/h3-10H,2,11-13H2,1H3. The maximum absolute atomic E-state index is 13.1. The molecule has 4 aromatic rings. The highest BCUT2D eigenvalue weighted by Gasteiger charge is 2.17. The van der Waals surface area contributed by atoms with Crippen LogP contribution in [0.15, 0.2) is 57.5 Å². The molecule has 0 fully saturated rings. The molecule has 0 saturated heterocycles. The van der Waals surface area contributed by atoms with Crippen molar-refractivity contribution in [2.24, 2.45) is 0 Å². The molecule has 2 aromatic carbocycles. The zero-order valence-corrected chi connectivity index (χ0v) is 17.0. The normalized spacial score (nSPS) is 11.3. The molecule has 2 heterocycles. The molecule has 0 bridgehead atoms. The van der Waals surface area contributed by atoms with Gasteiger partial charge in [-0.05, 0) is 49.4 Å². The Bertz CT molecular complexity index is 1110. The highest BCUT2D eigenvalue weighted by atomic mass is 35.5. The summed E-state index contributed by atoms with van der Waals surface area (Å²) in [6.07, 6.45) is 0.921. The number of nitrogens with zero attached hydrogens (tertiary/aromatic N) is 5. The molecule has 7 nitrogen and oxygen atoms in total. The van der Waals surface area contributed by atoms with E-state index in [0.717, 1.165) is 13.0 Å². The van der Waals surface area contributed by atoms with Crippen LogP contribution in [-0.4, -0.2) is 31.8 Å². The SMILES string of the molecule is CCCN(Cc1nc(-c2ccc(F)cc2)no1)Cc1nnc(-c2ccccc2Cl)o1. The van der Waals surface area contributed by atoms with E-state index in [9.17, 15) is 4.39 Å². The second-order valence-electron chi connectivity index (χ2n) is 6.71. The lowest BCUT2D eigenvalue weighted by Crippen LogP contribution is -2.24. The van der Waals surface area contributed by atoms with Gasteiger partial charge in [-0.1, -0.05) is 35.8 Å². The molecule has 0 radical (unpaired) electrons. The van der Waals surface area contributed by atoms with E-state index in [1.165, 1.54) is 12.1 Å². The zero-order valence-electron chi connectivity index (χ0n) is 16.3. The average Bonchev–Trinajstić information content (AvgIpc) is 3.39. The van der Waals surface area contributed by atoms with E-state index >= 15 is 0 Å². The molecule has 30 heavy (non-hydrogen) atoms. The largest absolute Gasteiger partial charge is 0.419 e. The monoisotopic (exact) mass is 427 g/mol. The highest BCUT2D eigenvalue weighted by Crippen LogP contribution is 2.26. The minimum Gasteiger partial charge on any atom is -0.419 e. The molecular formula is C21H19ClFN5O2. The summed E-state index contributed by atoms with van der Waals surface area (Å²) < 4.78 is 24.3. The third kappa shape index (κ3) is 4.72. The van der Waals surface area contributed by atoms with Gasteiger partial charge in [0.1, 0.15) is 5.82 Å². The van der Waals surface area contributed by atoms with Gasteiger partial charge in [-0.3, -0.25) is 4.90 Å². The Labute approximate surface area is 177 Å². The first kappa shape index (κ1) is 20.2. The Morgan fingerprint density at radius 2 is 1.77 bits per heavy atom. The van der Waals surface area contributed by atoms with Crippen LogP contribution < -0.4 is 0 Å². The maximum Gasteiger partial charge on any atom is 0.249 e. The fourth-order valence-corrected chi connectivity index (χ4v) is 3.23. The summed E-state index contributed by atoms with van der Waals surface area (Å²) in [5, 5.41) is 12.8. The third-order valence-corrected chi connectivity index (χ3v) is 4.73. The Kier molecular flexibility index (Phi) is 6.15. The van der Waals surface area contributed by atoms with Gasteiger partial charge in [0.2, 0.25) is 23.5 Å². The maximum atomic E-state index is 13.1. The van der Waals surface area contributed by atoms with Crippen molar-refractivity contribution in [2.75, 3.05) is 6.54 Å². The molecule has 0 atom stereocenters. The molecular weight excluding hydrogens is 409 g/mol. The molecule has 0 unspecified atom stereocenters. The van der Waals surface area contributed by atoms with Crippen molar-refractivity contribution in [3.63, 3.8) is 0 Å². The molecule has 2 aromatic heterocycles. The van der Waals surface area contributed by atoms with Gasteiger partial charge in [-0.2, -0.15) is 4.98 Å². The molecule has 0 aliphatic heterocycles. The second kappa shape index (κ2) is 9.15. The van der Waals surface area contributed by atoms with Gasteiger partial charge in [0, 0.05) is 5.56 Å². The van der Waals surface area contributed by atoms with Crippen LogP contribution >= 0.6 is 11.6 Å². The van der Waals surface area contributed by atoms with Crippen LogP contribution in [0.3, 0.4) is 0 Å². The summed E-state index contributed by atoms with van der Waals surface area (Å²) in [5.41, 5.74) is 1.38. The van der Waals surface area contributed by atoms with Gasteiger partial charge in [0.05, 0.1) is 23.7 Å². The number of hydrogen-bond donors (Lipinski definition) is 0. The first-order chi connectivity index (χ1) is 14.6. The van der Waals surface area contributed by atoms with Gasteiger partial charge < -0.3 is 8.94 Å². The fourth-order valence-electron chi connectivity index (χ4n) is 3.01. The van der Waals surface area contributed by atoms with Gasteiger partial charge in [0.15, 0.2) is 0 Å². The van der Waals surface area contributed by atoms with Crippen LogP contribution in [0.1, 0.15) is 25.1 Å². The van der Waals surface area contributed by atoms with Crippen LogP contribution in [0.25, 0.3) is 22.8 Å². The molecule has 0 aliphatic carbocycles.